The molecule has 3 aromatic rings. The van der Waals surface area contributed by atoms with Gasteiger partial charge in [0, 0.05) is 0 Å². The molecule has 6 heteroatoms. The molecule has 5 nitrogen and oxygen atoms in total. The first-order chi connectivity index (χ1) is 12.0. The van der Waals surface area contributed by atoms with Gasteiger partial charge in [-0.1, -0.05) is 55.3 Å². The van der Waals surface area contributed by atoms with Crippen LogP contribution in [0.5, 0.6) is 0 Å². The number of amides is 1. The van der Waals surface area contributed by atoms with Gasteiger partial charge in [-0.25, -0.2) is 4.39 Å². The standard InChI is InChI=1S/C19H18FN3O2/c1-12(2)14-9-7-13(8-10-14)11-17-22-23-19(25-17)21-18(24)15-5-3-4-6-16(15)20/h3-10,12H,11H2,1-2H3,(H,21,23,24). The average Bonchev–Trinajstić information content (AvgIpc) is 3.02. The Morgan fingerprint density at radius 2 is 1.84 bits per heavy atom. The van der Waals surface area contributed by atoms with E-state index in [1.807, 2.05) is 12.1 Å². The van der Waals surface area contributed by atoms with Crippen LogP contribution < -0.4 is 5.32 Å². The monoisotopic (exact) mass is 339 g/mol. The Balaban J connectivity index is 1.66. The van der Waals surface area contributed by atoms with Crippen molar-refractivity contribution in [1.29, 1.82) is 0 Å². The Labute approximate surface area is 144 Å². The largest absolute Gasteiger partial charge is 0.407 e. The maximum atomic E-state index is 13.6. The van der Waals surface area contributed by atoms with Crippen molar-refractivity contribution >= 4 is 11.9 Å². The Morgan fingerprint density at radius 3 is 2.52 bits per heavy atom. The summed E-state index contributed by atoms with van der Waals surface area (Å²) in [7, 11) is 0. The molecule has 0 atom stereocenters. The Kier molecular flexibility index (Phi) is 4.88. The second-order valence-electron chi connectivity index (χ2n) is 6.01. The lowest BCUT2D eigenvalue weighted by Gasteiger charge is -2.05. The highest BCUT2D eigenvalue weighted by molar-refractivity contribution is 6.03. The number of carbonyl (C=O) groups excluding carboxylic acids is 1. The van der Waals surface area contributed by atoms with Gasteiger partial charge in [-0.05, 0) is 29.2 Å². The van der Waals surface area contributed by atoms with Crippen LogP contribution in [0.3, 0.4) is 0 Å². The van der Waals surface area contributed by atoms with Crippen molar-refractivity contribution in [3.63, 3.8) is 0 Å². The molecule has 1 N–H and O–H groups in total. The van der Waals surface area contributed by atoms with Crippen LogP contribution in [0.25, 0.3) is 0 Å². The van der Waals surface area contributed by atoms with Gasteiger partial charge < -0.3 is 4.42 Å². The number of nitrogens with zero attached hydrogens (tertiary/aromatic N) is 2. The molecule has 0 aliphatic heterocycles. The van der Waals surface area contributed by atoms with E-state index in [0.29, 0.717) is 18.2 Å². The highest BCUT2D eigenvalue weighted by Crippen LogP contribution is 2.17. The molecule has 2 aromatic carbocycles. The predicted molar refractivity (Wildman–Crippen MR) is 92.0 cm³/mol. The van der Waals surface area contributed by atoms with E-state index in [0.717, 1.165) is 5.56 Å². The van der Waals surface area contributed by atoms with E-state index < -0.39 is 11.7 Å². The molecule has 0 aliphatic rings. The molecule has 0 saturated carbocycles. The summed E-state index contributed by atoms with van der Waals surface area (Å²) in [5.74, 6) is -0.390. The Bertz CT molecular complexity index is 872. The maximum Gasteiger partial charge on any atom is 0.322 e. The molecule has 3 rings (SSSR count). The van der Waals surface area contributed by atoms with Gasteiger partial charge in [0.1, 0.15) is 5.82 Å². The molecule has 25 heavy (non-hydrogen) atoms. The summed E-state index contributed by atoms with van der Waals surface area (Å²) < 4.78 is 19.0. The Morgan fingerprint density at radius 1 is 1.12 bits per heavy atom. The summed E-state index contributed by atoms with van der Waals surface area (Å²) in [5.41, 5.74) is 2.21. The summed E-state index contributed by atoms with van der Waals surface area (Å²) >= 11 is 0. The first-order valence-corrected chi connectivity index (χ1v) is 8.00. The van der Waals surface area contributed by atoms with E-state index in [1.165, 1.54) is 23.8 Å². The lowest BCUT2D eigenvalue weighted by Crippen LogP contribution is -2.13. The van der Waals surface area contributed by atoms with Gasteiger partial charge in [0.05, 0.1) is 12.0 Å². The van der Waals surface area contributed by atoms with Gasteiger partial charge in [0.2, 0.25) is 5.89 Å². The molecule has 0 aliphatic carbocycles. The smallest absolute Gasteiger partial charge is 0.322 e. The first kappa shape index (κ1) is 16.8. The van der Waals surface area contributed by atoms with Gasteiger partial charge >= 0.3 is 6.01 Å². The summed E-state index contributed by atoms with van der Waals surface area (Å²) in [6, 6.07) is 13.8. The first-order valence-electron chi connectivity index (χ1n) is 8.00. The number of aromatic nitrogens is 2. The van der Waals surface area contributed by atoms with Crippen LogP contribution in [-0.4, -0.2) is 16.1 Å². The van der Waals surface area contributed by atoms with E-state index in [1.54, 1.807) is 6.07 Å². The van der Waals surface area contributed by atoms with E-state index >= 15 is 0 Å². The van der Waals surface area contributed by atoms with Gasteiger partial charge in [-0.15, -0.1) is 5.10 Å². The highest BCUT2D eigenvalue weighted by Gasteiger charge is 2.15. The number of benzene rings is 2. The van der Waals surface area contributed by atoms with Crippen molar-refractivity contribution in [2.75, 3.05) is 5.32 Å². The zero-order valence-electron chi connectivity index (χ0n) is 14.0. The molecule has 128 valence electrons. The van der Waals surface area contributed by atoms with Crippen molar-refractivity contribution in [1.82, 2.24) is 10.2 Å². The summed E-state index contributed by atoms with van der Waals surface area (Å²) in [5, 5.41) is 10.1. The van der Waals surface area contributed by atoms with Gasteiger partial charge in [0.15, 0.2) is 0 Å². The number of nitrogens with one attached hydrogen (secondary N) is 1. The lowest BCUT2D eigenvalue weighted by atomic mass is 10.0. The third-order valence-corrected chi connectivity index (χ3v) is 3.81. The molecule has 0 fully saturated rings. The fourth-order valence-electron chi connectivity index (χ4n) is 2.38. The van der Waals surface area contributed by atoms with E-state index in [4.69, 9.17) is 4.42 Å². The number of rotatable bonds is 5. The van der Waals surface area contributed by atoms with Crippen molar-refractivity contribution in [2.24, 2.45) is 0 Å². The van der Waals surface area contributed by atoms with Crippen molar-refractivity contribution < 1.29 is 13.6 Å². The minimum Gasteiger partial charge on any atom is -0.407 e. The molecular weight excluding hydrogens is 321 g/mol. The molecule has 0 unspecified atom stereocenters. The molecular formula is C19H18FN3O2. The minimum atomic E-state index is -0.630. The normalized spacial score (nSPS) is 10.9. The van der Waals surface area contributed by atoms with Crippen LogP contribution in [0.4, 0.5) is 10.4 Å². The molecule has 0 bridgehead atoms. The fourth-order valence-corrected chi connectivity index (χ4v) is 2.38. The second kappa shape index (κ2) is 7.25. The average molecular weight is 339 g/mol. The van der Waals surface area contributed by atoms with Crippen LogP contribution in [0, 0.1) is 5.82 Å². The summed E-state index contributed by atoms with van der Waals surface area (Å²) in [6.07, 6.45) is 0.459. The predicted octanol–water partition coefficient (Wildman–Crippen LogP) is 4.18. The number of halogens is 1. The SMILES string of the molecule is CC(C)c1ccc(Cc2nnc(NC(=O)c3ccccc3F)o2)cc1. The molecule has 0 saturated heterocycles. The van der Waals surface area contributed by atoms with Crippen LogP contribution in [0.15, 0.2) is 52.9 Å². The van der Waals surface area contributed by atoms with Crippen LogP contribution in [0.1, 0.15) is 47.1 Å². The Hall–Kier alpha value is -3.02. The van der Waals surface area contributed by atoms with Gasteiger partial charge in [0.25, 0.3) is 5.91 Å². The topological polar surface area (TPSA) is 68.0 Å². The number of carbonyl (C=O) groups is 1. The summed E-state index contributed by atoms with van der Waals surface area (Å²) in [4.78, 5) is 12.0. The zero-order valence-corrected chi connectivity index (χ0v) is 14.0. The van der Waals surface area contributed by atoms with E-state index in [2.05, 4.69) is 41.5 Å². The fraction of sp³-hybridized carbons (Fsp3) is 0.211. The maximum absolute atomic E-state index is 13.6. The van der Waals surface area contributed by atoms with Crippen LogP contribution in [-0.2, 0) is 6.42 Å². The molecule has 0 radical (unpaired) electrons. The molecule has 1 amide bonds. The third-order valence-electron chi connectivity index (χ3n) is 3.81. The number of anilines is 1. The highest BCUT2D eigenvalue weighted by atomic mass is 19.1. The third kappa shape index (κ3) is 4.09. The molecule has 1 heterocycles. The molecule has 0 spiro atoms. The van der Waals surface area contributed by atoms with Crippen molar-refractivity contribution in [3.05, 3.63) is 76.9 Å². The summed E-state index contributed by atoms with van der Waals surface area (Å²) in [6.45, 7) is 4.27. The quantitative estimate of drug-likeness (QED) is 0.757. The van der Waals surface area contributed by atoms with E-state index in [9.17, 15) is 9.18 Å². The lowest BCUT2D eigenvalue weighted by molar-refractivity contribution is 0.102. The second-order valence-corrected chi connectivity index (χ2v) is 6.01. The van der Waals surface area contributed by atoms with Crippen molar-refractivity contribution in [2.45, 2.75) is 26.2 Å². The van der Waals surface area contributed by atoms with Crippen molar-refractivity contribution in [3.8, 4) is 0 Å². The van der Waals surface area contributed by atoms with Gasteiger partial charge in [-0.2, -0.15) is 0 Å². The number of hydrogen-bond donors (Lipinski definition) is 1. The van der Waals surface area contributed by atoms with E-state index in [-0.39, 0.29) is 11.6 Å². The zero-order chi connectivity index (χ0) is 17.8. The van der Waals surface area contributed by atoms with Crippen LogP contribution >= 0.6 is 0 Å². The molecule has 1 aromatic heterocycles. The minimum absolute atomic E-state index is 0.0537. The van der Waals surface area contributed by atoms with Crippen LogP contribution in [0.2, 0.25) is 0 Å². The number of hydrogen-bond acceptors (Lipinski definition) is 4. The van der Waals surface area contributed by atoms with Gasteiger partial charge in [-0.3, -0.25) is 10.1 Å².